The van der Waals surface area contributed by atoms with Crippen LogP contribution in [0.2, 0.25) is 0 Å². The molecule has 0 aliphatic rings. The predicted octanol–water partition coefficient (Wildman–Crippen LogP) is 16.9. The van der Waals surface area contributed by atoms with Gasteiger partial charge in [-0.25, -0.2) is 21.5 Å². The Kier molecular flexibility index (Phi) is 37.6. The van der Waals surface area contributed by atoms with Crippen molar-refractivity contribution in [1.82, 2.24) is 14.1 Å². The van der Waals surface area contributed by atoms with Gasteiger partial charge in [-0.05, 0) is 182 Å². The van der Waals surface area contributed by atoms with Crippen molar-refractivity contribution in [3.05, 3.63) is 213 Å². The van der Waals surface area contributed by atoms with Gasteiger partial charge in [0.25, 0.3) is 11.8 Å². The molecule has 0 fully saturated rings. The number of carbonyl (C=O) groups is 2. The highest BCUT2D eigenvalue weighted by Crippen LogP contribution is 2.34. The first-order valence-electron chi connectivity index (χ1n) is 30.8. The molecule has 5 rings (SSSR count). The molecule has 10 nitrogen and oxygen atoms in total. The SMILES string of the molecule is CC(C)=CC(N)CC(C)(C)c1ccc(C(F)(F)F)cc1.CC(C)=CC(N)CC(C)(C)c1ccc(F)cc1.CC(C)=CC(N)CC(C)(C)c1ccc(F)cc1.CCN(CC)C(=O)c1ccccc1.CCN(CC)C(=O)c1ccccc1.CCN(CC)S(C)(=O)=O. The second-order valence-corrected chi connectivity index (χ2v) is 26.6. The summed E-state index contributed by atoms with van der Waals surface area (Å²) < 4.78 is 86.2. The Hall–Kier alpha value is -6.30. The van der Waals surface area contributed by atoms with Crippen LogP contribution in [0.3, 0.4) is 0 Å². The lowest BCUT2D eigenvalue weighted by Gasteiger charge is -2.28. The van der Waals surface area contributed by atoms with Crippen molar-refractivity contribution in [2.24, 2.45) is 17.2 Å². The fourth-order valence-electron chi connectivity index (χ4n) is 9.74. The van der Waals surface area contributed by atoms with Crippen LogP contribution in [0.1, 0.15) is 187 Å². The molecule has 0 radical (unpaired) electrons. The van der Waals surface area contributed by atoms with Crippen LogP contribution in [0.4, 0.5) is 22.0 Å². The molecule has 0 saturated carbocycles. The maximum Gasteiger partial charge on any atom is 0.416 e. The van der Waals surface area contributed by atoms with E-state index in [0.717, 1.165) is 84.5 Å². The average Bonchev–Trinajstić information content (AvgIpc) is 2.93. The van der Waals surface area contributed by atoms with Crippen LogP contribution in [-0.2, 0) is 32.4 Å². The topological polar surface area (TPSA) is 156 Å². The van der Waals surface area contributed by atoms with E-state index in [-0.39, 0.29) is 57.8 Å². The number of rotatable bonds is 21. The molecule has 5 aromatic carbocycles. The summed E-state index contributed by atoms with van der Waals surface area (Å²) in [4.78, 5) is 27.1. The van der Waals surface area contributed by atoms with E-state index < -0.39 is 21.8 Å². The number of sulfonamides is 1. The molecule has 16 heteroatoms. The zero-order chi connectivity index (χ0) is 68.5. The summed E-state index contributed by atoms with van der Waals surface area (Å²) in [6.45, 7) is 40.5. The molecule has 0 aliphatic heterocycles. The maximum atomic E-state index is 12.9. The van der Waals surface area contributed by atoms with Gasteiger partial charge in [-0.1, -0.05) is 163 Å². The highest BCUT2D eigenvalue weighted by atomic mass is 32.2. The van der Waals surface area contributed by atoms with Crippen LogP contribution in [-0.4, -0.2) is 98.0 Å². The van der Waals surface area contributed by atoms with Crippen LogP contribution in [0.5, 0.6) is 0 Å². The number of carbonyl (C=O) groups excluding carboxylic acids is 2. The highest BCUT2D eigenvalue weighted by molar-refractivity contribution is 7.88. The van der Waals surface area contributed by atoms with E-state index in [1.807, 2.05) is 198 Å². The van der Waals surface area contributed by atoms with E-state index in [0.29, 0.717) is 19.5 Å². The lowest BCUT2D eigenvalue weighted by atomic mass is 9.79. The Labute approximate surface area is 534 Å². The molecule has 0 bridgehead atoms. The summed E-state index contributed by atoms with van der Waals surface area (Å²) in [6, 6.07) is 37.5. The molecule has 0 saturated heterocycles. The fourth-order valence-corrected chi connectivity index (χ4v) is 10.7. The maximum absolute atomic E-state index is 12.9. The normalized spacial score (nSPS) is 12.3. The number of halogens is 5. The molecule has 3 atom stereocenters. The second kappa shape index (κ2) is 40.4. The summed E-state index contributed by atoms with van der Waals surface area (Å²) >= 11 is 0. The number of amides is 2. The van der Waals surface area contributed by atoms with Crippen LogP contribution >= 0.6 is 0 Å². The Morgan fingerprint density at radius 2 is 0.663 bits per heavy atom. The molecule has 3 unspecified atom stereocenters. The first kappa shape index (κ1) is 82.7. The van der Waals surface area contributed by atoms with Gasteiger partial charge in [0.15, 0.2) is 0 Å². The zero-order valence-electron chi connectivity index (χ0n) is 57.0. The quantitative estimate of drug-likeness (QED) is 0.0488. The molecule has 5 aromatic rings. The van der Waals surface area contributed by atoms with Crippen molar-refractivity contribution < 1.29 is 40.0 Å². The van der Waals surface area contributed by atoms with Gasteiger partial charge in [-0.2, -0.15) is 13.2 Å². The van der Waals surface area contributed by atoms with Gasteiger partial charge in [0.05, 0.1) is 11.8 Å². The number of alkyl halides is 3. The van der Waals surface area contributed by atoms with E-state index in [1.165, 1.54) is 58.1 Å². The van der Waals surface area contributed by atoms with Crippen LogP contribution in [0.15, 0.2) is 168 Å². The Morgan fingerprint density at radius 1 is 0.427 bits per heavy atom. The highest BCUT2D eigenvalue weighted by Gasteiger charge is 2.31. The number of nitrogens with two attached hydrogens (primary N) is 3. The van der Waals surface area contributed by atoms with Gasteiger partial charge in [-0.3, -0.25) is 9.59 Å². The van der Waals surface area contributed by atoms with Gasteiger partial charge in [0.1, 0.15) is 11.6 Å². The third kappa shape index (κ3) is 33.4. The average molecular weight is 1260 g/mol. The van der Waals surface area contributed by atoms with Crippen molar-refractivity contribution >= 4 is 21.8 Å². The third-order valence-electron chi connectivity index (χ3n) is 14.4. The number of hydrogen-bond donors (Lipinski definition) is 3. The van der Waals surface area contributed by atoms with Gasteiger partial charge >= 0.3 is 6.18 Å². The zero-order valence-corrected chi connectivity index (χ0v) is 57.9. The van der Waals surface area contributed by atoms with Crippen molar-refractivity contribution in [3.8, 4) is 0 Å². The van der Waals surface area contributed by atoms with Crippen molar-refractivity contribution in [2.45, 2.75) is 184 Å². The van der Waals surface area contributed by atoms with Gasteiger partial charge in [0, 0.05) is 68.5 Å². The summed E-state index contributed by atoms with van der Waals surface area (Å²) in [5.74, 6) is -0.160. The molecule has 0 aliphatic carbocycles. The summed E-state index contributed by atoms with van der Waals surface area (Å²) in [5, 5.41) is 0. The standard InChI is InChI=1S/C16H22F3N.2C15H22FN.2C11H15NO.C5H13NO2S/c1-11(2)9-14(20)10-15(3,4)12-5-7-13(8-6-12)16(17,18)19;2*1-11(2)9-14(17)10-15(3,4)12-5-7-13(16)8-6-12;2*1-3-12(4-2)11(13)10-8-6-5-7-9-10;1-4-6(5-2)9(3,7)8/h5-9,14H,10,20H2,1-4H3;2*5-9,14H,10,17H2,1-4H3;2*5-9H,3-4H2,1-2H3;4-5H2,1-3H3. The van der Waals surface area contributed by atoms with Gasteiger partial charge in [0.2, 0.25) is 10.0 Å². The number of nitrogens with zero attached hydrogens (tertiary/aromatic N) is 3. The van der Waals surface area contributed by atoms with E-state index in [2.05, 4.69) is 39.8 Å². The lowest BCUT2D eigenvalue weighted by Crippen LogP contribution is -2.30. The molecule has 0 heterocycles. The minimum absolute atomic E-state index is 0.0417. The molecule has 0 aromatic heterocycles. The van der Waals surface area contributed by atoms with E-state index >= 15 is 0 Å². The van der Waals surface area contributed by atoms with Crippen LogP contribution in [0.25, 0.3) is 0 Å². The summed E-state index contributed by atoms with van der Waals surface area (Å²) in [7, 11) is -2.93. The van der Waals surface area contributed by atoms with E-state index in [1.54, 1.807) is 0 Å². The smallest absolute Gasteiger partial charge is 0.339 e. The summed E-state index contributed by atoms with van der Waals surface area (Å²) in [6.07, 6.45) is 5.45. The fraction of sp³-hybridized carbons (Fsp3) is 0.479. The largest absolute Gasteiger partial charge is 0.416 e. The second-order valence-electron chi connectivity index (χ2n) is 24.6. The van der Waals surface area contributed by atoms with Crippen molar-refractivity contribution in [3.63, 3.8) is 0 Å². The molecule has 89 heavy (non-hydrogen) atoms. The minimum atomic E-state index is -4.29. The van der Waals surface area contributed by atoms with Crippen molar-refractivity contribution in [1.29, 1.82) is 0 Å². The number of allylic oxidation sites excluding steroid dienone is 3. The predicted molar refractivity (Wildman–Crippen MR) is 365 cm³/mol. The Morgan fingerprint density at radius 3 is 0.854 bits per heavy atom. The molecular formula is C73H109F5N6O4S. The van der Waals surface area contributed by atoms with Crippen LogP contribution in [0, 0.1) is 11.6 Å². The molecule has 6 N–H and O–H groups in total. The molecule has 2 amide bonds. The third-order valence-corrected chi connectivity index (χ3v) is 15.9. The molecule has 496 valence electrons. The molecule has 0 spiro atoms. The van der Waals surface area contributed by atoms with Gasteiger partial charge in [-0.15, -0.1) is 0 Å². The summed E-state index contributed by atoms with van der Waals surface area (Å²) in [5.41, 5.74) is 25.5. The Bertz CT molecular complexity index is 2840. The number of hydrogen-bond acceptors (Lipinski definition) is 7. The first-order chi connectivity index (χ1) is 41.2. The Balaban J connectivity index is 0.00000106. The van der Waals surface area contributed by atoms with E-state index in [9.17, 15) is 40.0 Å². The van der Waals surface area contributed by atoms with Crippen molar-refractivity contribution in [2.75, 3.05) is 45.5 Å². The first-order valence-corrected chi connectivity index (χ1v) is 32.6. The van der Waals surface area contributed by atoms with E-state index in [4.69, 9.17) is 17.2 Å². The molecular weight excluding hydrogens is 1150 g/mol. The monoisotopic (exact) mass is 1260 g/mol. The van der Waals surface area contributed by atoms with Crippen LogP contribution < -0.4 is 17.2 Å². The van der Waals surface area contributed by atoms with Gasteiger partial charge < -0.3 is 27.0 Å². The number of benzene rings is 5. The lowest BCUT2D eigenvalue weighted by molar-refractivity contribution is -0.137. The minimum Gasteiger partial charge on any atom is -0.339 e.